The average Bonchev–Trinajstić information content (AvgIpc) is 2.53. The van der Waals surface area contributed by atoms with Gasteiger partial charge in [0, 0.05) is 17.9 Å². The van der Waals surface area contributed by atoms with Crippen molar-refractivity contribution in [3.8, 4) is 0 Å². The molecule has 1 aliphatic heterocycles. The van der Waals surface area contributed by atoms with Crippen LogP contribution < -0.4 is 5.32 Å². The number of rotatable bonds is 1. The molecule has 0 spiro atoms. The molecule has 2 heteroatoms. The molecule has 1 saturated heterocycles. The summed E-state index contributed by atoms with van der Waals surface area (Å²) in [7, 11) is 0. The lowest BCUT2D eigenvalue weighted by molar-refractivity contribution is 0.405. The predicted molar refractivity (Wildman–Crippen MR) is 50.1 cm³/mol. The third-order valence-corrected chi connectivity index (χ3v) is 2.66. The Balaban J connectivity index is 2.13. The summed E-state index contributed by atoms with van der Waals surface area (Å²) in [6.07, 6.45) is 5.99. The van der Waals surface area contributed by atoms with Crippen LogP contribution in [0.25, 0.3) is 0 Å². The number of hydrogen-bond donors (Lipinski definition) is 2. The van der Waals surface area contributed by atoms with Crippen LogP contribution in [0.3, 0.4) is 0 Å². The Kier molecular flexibility index (Phi) is 2.17. The summed E-state index contributed by atoms with van der Waals surface area (Å²) < 4.78 is 0. The van der Waals surface area contributed by atoms with E-state index in [0.717, 1.165) is 0 Å². The molecular weight excluding hydrogens is 148 g/mol. The van der Waals surface area contributed by atoms with Gasteiger partial charge in [0.05, 0.1) is 0 Å². The fourth-order valence-corrected chi connectivity index (χ4v) is 1.93. The third-order valence-electron chi connectivity index (χ3n) is 2.66. The highest BCUT2D eigenvalue weighted by Crippen LogP contribution is 2.23. The summed E-state index contributed by atoms with van der Waals surface area (Å²) in [6, 6.07) is 2.72. The molecule has 1 fully saturated rings. The van der Waals surface area contributed by atoms with Crippen LogP contribution in [-0.4, -0.2) is 11.5 Å². The standard InChI is InChI=1S/C10H16N2/c1-8-5-7-12-10(8)9-4-2-3-6-11-9/h5,7,9,11-12H,2-4,6H2,1H3. The number of aromatic nitrogens is 1. The zero-order valence-electron chi connectivity index (χ0n) is 7.56. The van der Waals surface area contributed by atoms with Crippen molar-refractivity contribution in [3.05, 3.63) is 23.5 Å². The second kappa shape index (κ2) is 3.31. The monoisotopic (exact) mass is 164 g/mol. The van der Waals surface area contributed by atoms with Gasteiger partial charge in [-0.3, -0.25) is 0 Å². The minimum atomic E-state index is 0.578. The molecule has 0 saturated carbocycles. The normalized spacial score (nSPS) is 24.2. The number of hydrogen-bond acceptors (Lipinski definition) is 1. The first kappa shape index (κ1) is 7.87. The zero-order valence-corrected chi connectivity index (χ0v) is 7.56. The van der Waals surface area contributed by atoms with Gasteiger partial charge in [0.15, 0.2) is 0 Å². The molecule has 0 bridgehead atoms. The first-order valence-corrected chi connectivity index (χ1v) is 4.75. The lowest BCUT2D eigenvalue weighted by Crippen LogP contribution is -2.27. The lowest BCUT2D eigenvalue weighted by atomic mass is 10.0. The summed E-state index contributed by atoms with van der Waals surface area (Å²) in [5.74, 6) is 0. The van der Waals surface area contributed by atoms with Gasteiger partial charge < -0.3 is 10.3 Å². The SMILES string of the molecule is Cc1cc[nH]c1C1CCCCN1. The van der Waals surface area contributed by atoms with Crippen molar-refractivity contribution >= 4 is 0 Å². The van der Waals surface area contributed by atoms with Gasteiger partial charge in [0.1, 0.15) is 0 Å². The van der Waals surface area contributed by atoms with Crippen molar-refractivity contribution in [3.63, 3.8) is 0 Å². The Hall–Kier alpha value is -0.760. The van der Waals surface area contributed by atoms with Crippen molar-refractivity contribution < 1.29 is 0 Å². The molecule has 2 nitrogen and oxygen atoms in total. The van der Waals surface area contributed by atoms with E-state index >= 15 is 0 Å². The van der Waals surface area contributed by atoms with Crippen LogP contribution in [-0.2, 0) is 0 Å². The molecule has 0 aromatic carbocycles. The quantitative estimate of drug-likeness (QED) is 0.654. The van der Waals surface area contributed by atoms with E-state index in [1.54, 1.807) is 0 Å². The highest BCUT2D eigenvalue weighted by atomic mass is 14.9. The fraction of sp³-hybridized carbons (Fsp3) is 0.600. The molecule has 1 aliphatic rings. The molecule has 0 amide bonds. The van der Waals surface area contributed by atoms with Crippen molar-refractivity contribution in [2.75, 3.05) is 6.54 Å². The van der Waals surface area contributed by atoms with Crippen LogP contribution >= 0.6 is 0 Å². The second-order valence-electron chi connectivity index (χ2n) is 3.58. The zero-order chi connectivity index (χ0) is 8.39. The van der Waals surface area contributed by atoms with Crippen LogP contribution in [0.1, 0.15) is 36.6 Å². The van der Waals surface area contributed by atoms with Crippen LogP contribution in [0.4, 0.5) is 0 Å². The number of piperidine rings is 1. The number of aryl methyl sites for hydroxylation is 1. The Morgan fingerprint density at radius 2 is 2.33 bits per heavy atom. The number of H-pyrrole nitrogens is 1. The van der Waals surface area contributed by atoms with Gasteiger partial charge in [-0.05, 0) is 37.9 Å². The van der Waals surface area contributed by atoms with E-state index in [4.69, 9.17) is 0 Å². The van der Waals surface area contributed by atoms with Crippen LogP contribution in [0.5, 0.6) is 0 Å². The minimum Gasteiger partial charge on any atom is -0.363 e. The van der Waals surface area contributed by atoms with E-state index in [1.807, 2.05) is 6.20 Å². The number of aromatic amines is 1. The summed E-state index contributed by atoms with van der Waals surface area (Å²) in [6.45, 7) is 3.34. The molecule has 1 atom stereocenters. The summed E-state index contributed by atoms with van der Waals surface area (Å²) >= 11 is 0. The van der Waals surface area contributed by atoms with Crippen molar-refractivity contribution in [2.24, 2.45) is 0 Å². The molecule has 1 unspecified atom stereocenters. The summed E-state index contributed by atoms with van der Waals surface area (Å²) in [4.78, 5) is 3.31. The van der Waals surface area contributed by atoms with Crippen molar-refractivity contribution in [2.45, 2.75) is 32.2 Å². The smallest absolute Gasteiger partial charge is 0.0475 e. The predicted octanol–water partition coefficient (Wildman–Crippen LogP) is 2.14. The van der Waals surface area contributed by atoms with Gasteiger partial charge in [-0.1, -0.05) is 6.42 Å². The maximum Gasteiger partial charge on any atom is 0.0475 e. The molecule has 2 rings (SSSR count). The summed E-state index contributed by atoms with van der Waals surface area (Å²) in [5.41, 5.74) is 2.77. The van der Waals surface area contributed by atoms with E-state index in [0.29, 0.717) is 6.04 Å². The Bertz CT molecular complexity index is 246. The highest BCUT2D eigenvalue weighted by Gasteiger charge is 2.16. The number of nitrogens with one attached hydrogen (secondary N) is 2. The Morgan fingerprint density at radius 3 is 2.92 bits per heavy atom. The lowest BCUT2D eigenvalue weighted by Gasteiger charge is -2.23. The van der Waals surface area contributed by atoms with Crippen molar-refractivity contribution in [1.29, 1.82) is 0 Å². The molecule has 2 N–H and O–H groups in total. The molecule has 0 aliphatic carbocycles. The van der Waals surface area contributed by atoms with Gasteiger partial charge in [-0.2, -0.15) is 0 Å². The van der Waals surface area contributed by atoms with Gasteiger partial charge in [0.25, 0.3) is 0 Å². The molecule has 0 radical (unpaired) electrons. The van der Waals surface area contributed by atoms with Crippen LogP contribution in [0.2, 0.25) is 0 Å². The van der Waals surface area contributed by atoms with E-state index in [-0.39, 0.29) is 0 Å². The second-order valence-corrected chi connectivity index (χ2v) is 3.58. The molecular formula is C10H16N2. The molecule has 1 aromatic heterocycles. The van der Waals surface area contributed by atoms with Gasteiger partial charge >= 0.3 is 0 Å². The Morgan fingerprint density at radius 1 is 1.42 bits per heavy atom. The molecule has 1 aromatic rings. The van der Waals surface area contributed by atoms with E-state index in [2.05, 4.69) is 23.3 Å². The van der Waals surface area contributed by atoms with Crippen LogP contribution in [0, 0.1) is 6.92 Å². The van der Waals surface area contributed by atoms with Gasteiger partial charge in [-0.15, -0.1) is 0 Å². The topological polar surface area (TPSA) is 27.8 Å². The van der Waals surface area contributed by atoms with Gasteiger partial charge in [-0.25, -0.2) is 0 Å². The van der Waals surface area contributed by atoms with Gasteiger partial charge in [0.2, 0.25) is 0 Å². The van der Waals surface area contributed by atoms with E-state index in [9.17, 15) is 0 Å². The summed E-state index contributed by atoms with van der Waals surface area (Å²) in [5, 5.41) is 3.53. The molecule has 66 valence electrons. The largest absolute Gasteiger partial charge is 0.363 e. The molecule has 2 heterocycles. The highest BCUT2D eigenvalue weighted by molar-refractivity contribution is 5.22. The first-order valence-electron chi connectivity index (χ1n) is 4.75. The third kappa shape index (κ3) is 1.39. The Labute approximate surface area is 73.4 Å². The average molecular weight is 164 g/mol. The van der Waals surface area contributed by atoms with E-state index < -0.39 is 0 Å². The fourth-order valence-electron chi connectivity index (χ4n) is 1.93. The van der Waals surface area contributed by atoms with Crippen molar-refractivity contribution in [1.82, 2.24) is 10.3 Å². The van der Waals surface area contributed by atoms with Crippen LogP contribution in [0.15, 0.2) is 12.3 Å². The first-order chi connectivity index (χ1) is 5.88. The van der Waals surface area contributed by atoms with E-state index in [1.165, 1.54) is 37.1 Å². The maximum absolute atomic E-state index is 3.53. The maximum atomic E-state index is 3.53. The molecule has 12 heavy (non-hydrogen) atoms. The minimum absolute atomic E-state index is 0.578.